The zero-order chi connectivity index (χ0) is 11.6. The predicted molar refractivity (Wildman–Crippen MR) is 62.0 cm³/mol. The van der Waals surface area contributed by atoms with Gasteiger partial charge in [0.25, 0.3) is 0 Å². The van der Waals surface area contributed by atoms with Crippen LogP contribution in [0.5, 0.6) is 0 Å². The van der Waals surface area contributed by atoms with Crippen molar-refractivity contribution in [2.24, 2.45) is 0 Å². The summed E-state index contributed by atoms with van der Waals surface area (Å²) in [5.74, 6) is -0.192. The van der Waals surface area contributed by atoms with Crippen LogP contribution >= 0.6 is 0 Å². The van der Waals surface area contributed by atoms with Crippen molar-refractivity contribution in [2.75, 3.05) is 13.4 Å². The van der Waals surface area contributed by atoms with E-state index in [4.69, 9.17) is 9.47 Å². The van der Waals surface area contributed by atoms with Crippen molar-refractivity contribution in [1.82, 2.24) is 0 Å². The summed E-state index contributed by atoms with van der Waals surface area (Å²) in [4.78, 5) is 11.0. The number of carbonyl (C=O) groups excluding carboxylic acids is 1. The highest BCUT2D eigenvalue weighted by atomic mass is 16.7. The Kier molecular flexibility index (Phi) is 6.26. The topological polar surface area (TPSA) is 35.5 Å². The van der Waals surface area contributed by atoms with Crippen LogP contribution in [0.3, 0.4) is 0 Å². The van der Waals surface area contributed by atoms with Gasteiger partial charge in [0.1, 0.15) is 0 Å². The van der Waals surface area contributed by atoms with Gasteiger partial charge in [-0.15, -0.1) is 0 Å². The average Bonchev–Trinajstić information content (AvgIpc) is 2.30. The predicted octanol–water partition coefficient (Wildman–Crippen LogP) is 2.55. The Labute approximate surface area is 96.4 Å². The summed E-state index contributed by atoms with van der Waals surface area (Å²) in [6, 6.07) is 10.1. The van der Waals surface area contributed by atoms with E-state index in [9.17, 15) is 4.79 Å². The van der Waals surface area contributed by atoms with E-state index < -0.39 is 0 Å². The van der Waals surface area contributed by atoms with Crippen LogP contribution in [0.2, 0.25) is 0 Å². The van der Waals surface area contributed by atoms with Crippen LogP contribution in [0.1, 0.15) is 25.3 Å². The first kappa shape index (κ1) is 12.7. The van der Waals surface area contributed by atoms with E-state index in [0.717, 1.165) is 12.8 Å². The minimum absolute atomic E-state index is 0.0612. The van der Waals surface area contributed by atoms with Gasteiger partial charge in [-0.05, 0) is 18.4 Å². The van der Waals surface area contributed by atoms with Crippen LogP contribution in [0.15, 0.2) is 30.3 Å². The molecule has 0 N–H and O–H groups in total. The maximum Gasteiger partial charge on any atom is 0.307 e. The molecule has 0 amide bonds. The smallest absolute Gasteiger partial charge is 0.307 e. The Morgan fingerprint density at radius 2 is 2.00 bits per heavy atom. The van der Waals surface area contributed by atoms with Crippen LogP contribution in [0, 0.1) is 0 Å². The molecular formula is C13H18O3. The van der Waals surface area contributed by atoms with E-state index in [1.165, 1.54) is 5.56 Å². The zero-order valence-corrected chi connectivity index (χ0v) is 9.65. The van der Waals surface area contributed by atoms with Gasteiger partial charge in [0.2, 0.25) is 0 Å². The summed E-state index contributed by atoms with van der Waals surface area (Å²) < 4.78 is 10.1. The molecule has 0 atom stereocenters. The Balaban J connectivity index is 2.02. The largest absolute Gasteiger partial charge is 0.438 e. The molecule has 1 aromatic carbocycles. The number of ether oxygens (including phenoxy) is 2. The van der Waals surface area contributed by atoms with Gasteiger partial charge < -0.3 is 9.47 Å². The molecule has 0 heterocycles. The van der Waals surface area contributed by atoms with Gasteiger partial charge in [0, 0.05) is 6.42 Å². The second-order valence-corrected chi connectivity index (χ2v) is 3.53. The Hall–Kier alpha value is -1.35. The van der Waals surface area contributed by atoms with Crippen molar-refractivity contribution in [3.8, 4) is 0 Å². The molecule has 0 aliphatic rings. The first-order chi connectivity index (χ1) is 7.83. The highest BCUT2D eigenvalue weighted by Crippen LogP contribution is 1.99. The maximum absolute atomic E-state index is 11.0. The standard InChI is InChI=1S/C13H18O3/c1-2-6-13(14)16-11-15-10-9-12-7-4-3-5-8-12/h3-5,7-8H,2,6,9-11H2,1H3. The lowest BCUT2D eigenvalue weighted by atomic mass is 10.2. The van der Waals surface area contributed by atoms with Gasteiger partial charge in [-0.25, -0.2) is 0 Å². The normalized spacial score (nSPS) is 10.1. The van der Waals surface area contributed by atoms with Gasteiger partial charge >= 0.3 is 5.97 Å². The monoisotopic (exact) mass is 222 g/mol. The molecule has 0 spiro atoms. The van der Waals surface area contributed by atoms with Crippen LogP contribution < -0.4 is 0 Å². The fraction of sp³-hybridized carbons (Fsp3) is 0.462. The summed E-state index contributed by atoms with van der Waals surface area (Å²) in [7, 11) is 0. The number of esters is 1. The molecule has 1 aromatic rings. The Morgan fingerprint density at radius 3 is 2.69 bits per heavy atom. The third-order valence-corrected chi connectivity index (χ3v) is 2.14. The molecule has 0 fully saturated rings. The Morgan fingerprint density at radius 1 is 1.25 bits per heavy atom. The zero-order valence-electron chi connectivity index (χ0n) is 9.65. The molecule has 0 unspecified atom stereocenters. The van der Waals surface area contributed by atoms with Crippen molar-refractivity contribution >= 4 is 5.97 Å². The van der Waals surface area contributed by atoms with E-state index in [2.05, 4.69) is 0 Å². The maximum atomic E-state index is 11.0. The number of carbonyl (C=O) groups is 1. The summed E-state index contributed by atoms with van der Waals surface area (Å²) in [6.07, 6.45) is 2.11. The van der Waals surface area contributed by atoms with Gasteiger partial charge in [0.05, 0.1) is 6.61 Å². The van der Waals surface area contributed by atoms with Crippen molar-refractivity contribution in [3.63, 3.8) is 0 Å². The first-order valence-electron chi connectivity index (χ1n) is 5.60. The number of hydrogen-bond donors (Lipinski definition) is 0. The number of benzene rings is 1. The van der Waals surface area contributed by atoms with Gasteiger partial charge in [-0.2, -0.15) is 0 Å². The highest BCUT2D eigenvalue weighted by molar-refractivity contribution is 5.69. The fourth-order valence-corrected chi connectivity index (χ4v) is 1.28. The molecule has 0 aromatic heterocycles. The first-order valence-corrected chi connectivity index (χ1v) is 5.60. The van der Waals surface area contributed by atoms with Crippen molar-refractivity contribution in [2.45, 2.75) is 26.2 Å². The lowest BCUT2D eigenvalue weighted by Crippen LogP contribution is -2.09. The number of hydrogen-bond acceptors (Lipinski definition) is 3. The molecule has 0 saturated carbocycles. The molecule has 1 rings (SSSR count). The van der Waals surface area contributed by atoms with Gasteiger partial charge in [0.15, 0.2) is 6.79 Å². The minimum atomic E-state index is -0.192. The SMILES string of the molecule is CCCC(=O)OCOCCc1ccccc1. The molecule has 3 heteroatoms. The van der Waals surface area contributed by atoms with E-state index >= 15 is 0 Å². The summed E-state index contributed by atoms with van der Waals surface area (Å²) in [5.41, 5.74) is 1.22. The van der Waals surface area contributed by atoms with E-state index in [1.54, 1.807) is 0 Å². The molecular weight excluding hydrogens is 204 g/mol. The lowest BCUT2D eigenvalue weighted by molar-refractivity contribution is -0.156. The van der Waals surface area contributed by atoms with Gasteiger partial charge in [-0.3, -0.25) is 4.79 Å². The highest BCUT2D eigenvalue weighted by Gasteiger charge is 1.99. The van der Waals surface area contributed by atoms with E-state index in [1.807, 2.05) is 37.3 Å². The molecule has 0 radical (unpaired) electrons. The van der Waals surface area contributed by atoms with E-state index in [0.29, 0.717) is 13.0 Å². The molecule has 0 saturated heterocycles. The Bertz CT molecular complexity index is 295. The second kappa shape index (κ2) is 7.88. The second-order valence-electron chi connectivity index (χ2n) is 3.53. The summed E-state index contributed by atoms with van der Waals surface area (Å²) in [5, 5.41) is 0. The molecule has 16 heavy (non-hydrogen) atoms. The van der Waals surface area contributed by atoms with E-state index in [-0.39, 0.29) is 12.8 Å². The van der Waals surface area contributed by atoms with Crippen LogP contribution in [-0.4, -0.2) is 19.4 Å². The molecule has 0 bridgehead atoms. The summed E-state index contributed by atoms with van der Waals surface area (Å²) in [6.45, 7) is 2.58. The van der Waals surface area contributed by atoms with Crippen molar-refractivity contribution < 1.29 is 14.3 Å². The number of rotatable bonds is 7. The molecule has 3 nitrogen and oxygen atoms in total. The van der Waals surface area contributed by atoms with Crippen LogP contribution in [0.25, 0.3) is 0 Å². The van der Waals surface area contributed by atoms with Gasteiger partial charge in [-0.1, -0.05) is 37.3 Å². The minimum Gasteiger partial charge on any atom is -0.438 e. The molecule has 0 aliphatic carbocycles. The van der Waals surface area contributed by atoms with Crippen molar-refractivity contribution in [1.29, 1.82) is 0 Å². The van der Waals surface area contributed by atoms with Crippen LogP contribution in [0.4, 0.5) is 0 Å². The van der Waals surface area contributed by atoms with Crippen molar-refractivity contribution in [3.05, 3.63) is 35.9 Å². The third kappa shape index (κ3) is 5.51. The molecule has 88 valence electrons. The fourth-order valence-electron chi connectivity index (χ4n) is 1.28. The summed E-state index contributed by atoms with van der Waals surface area (Å²) >= 11 is 0. The average molecular weight is 222 g/mol. The quantitative estimate of drug-likeness (QED) is 0.404. The third-order valence-electron chi connectivity index (χ3n) is 2.14. The van der Waals surface area contributed by atoms with Crippen LogP contribution in [-0.2, 0) is 20.7 Å². The molecule has 0 aliphatic heterocycles. The lowest BCUT2D eigenvalue weighted by Gasteiger charge is -2.05.